The highest BCUT2D eigenvalue weighted by Crippen LogP contribution is 2.31. The van der Waals surface area contributed by atoms with Gasteiger partial charge in [-0.1, -0.05) is 65.3 Å². The zero-order valence-corrected chi connectivity index (χ0v) is 17.7. The number of fused-ring (bicyclic) bond motifs is 1. The van der Waals surface area contributed by atoms with E-state index in [9.17, 15) is 9.59 Å². The summed E-state index contributed by atoms with van der Waals surface area (Å²) < 4.78 is 0. The average Bonchev–Trinajstić information content (AvgIpc) is 3.05. The molecule has 8 heteroatoms. The van der Waals surface area contributed by atoms with Gasteiger partial charge >= 0.3 is 6.03 Å². The van der Waals surface area contributed by atoms with Crippen molar-refractivity contribution in [1.82, 2.24) is 15.1 Å². The molecular formula is C21H21ClN4O2S. The van der Waals surface area contributed by atoms with Crippen LogP contribution < -0.4 is 5.32 Å². The highest BCUT2D eigenvalue weighted by molar-refractivity contribution is 8.13. The van der Waals surface area contributed by atoms with Crippen LogP contribution in [0.25, 0.3) is 0 Å². The van der Waals surface area contributed by atoms with Crippen LogP contribution in [0.5, 0.6) is 0 Å². The maximum atomic E-state index is 12.7. The van der Waals surface area contributed by atoms with Crippen LogP contribution in [-0.2, 0) is 17.1 Å². The summed E-state index contributed by atoms with van der Waals surface area (Å²) in [6.45, 7) is 2.59. The van der Waals surface area contributed by atoms with E-state index in [0.29, 0.717) is 17.3 Å². The summed E-state index contributed by atoms with van der Waals surface area (Å²) in [6.07, 6.45) is -0.520. The van der Waals surface area contributed by atoms with Crippen LogP contribution in [-0.4, -0.2) is 46.2 Å². The standard InChI is InChI=1S/C21H21ClN4O2S/c1-13-4-3-5-15(10-13)11-26-17-18(25(2)20(28)24-19(17)27)23-21(26)29-12-14-6-8-16(22)9-7-14/h3-10,17-18H,11-12H2,1-2H3,(H,24,27,28). The maximum absolute atomic E-state index is 12.7. The molecule has 1 saturated heterocycles. The molecule has 150 valence electrons. The lowest BCUT2D eigenvalue weighted by atomic mass is 10.1. The van der Waals surface area contributed by atoms with Gasteiger partial charge in [-0.2, -0.15) is 0 Å². The summed E-state index contributed by atoms with van der Waals surface area (Å²) in [5, 5.41) is 3.89. The molecule has 2 aliphatic heterocycles. The van der Waals surface area contributed by atoms with Crippen molar-refractivity contribution in [2.75, 3.05) is 7.05 Å². The largest absolute Gasteiger partial charge is 0.331 e. The quantitative estimate of drug-likeness (QED) is 0.807. The number of likely N-dealkylation sites (N-methyl/N-ethyl adjacent to an activating group) is 1. The molecule has 29 heavy (non-hydrogen) atoms. The molecule has 0 radical (unpaired) electrons. The number of carbonyl (C=O) groups is 2. The second-order valence-electron chi connectivity index (χ2n) is 7.21. The third-order valence-corrected chi connectivity index (χ3v) is 6.37. The Morgan fingerprint density at radius 3 is 2.62 bits per heavy atom. The molecule has 2 aliphatic rings. The molecule has 2 atom stereocenters. The molecule has 0 aliphatic carbocycles. The number of carbonyl (C=O) groups excluding carboxylic acids is 2. The summed E-state index contributed by atoms with van der Waals surface area (Å²) in [7, 11) is 1.67. The number of nitrogens with zero attached hydrogens (tertiary/aromatic N) is 3. The lowest BCUT2D eigenvalue weighted by Gasteiger charge is -2.36. The number of urea groups is 1. The van der Waals surface area contributed by atoms with Crippen LogP contribution in [0.3, 0.4) is 0 Å². The Morgan fingerprint density at radius 2 is 1.90 bits per heavy atom. The highest BCUT2D eigenvalue weighted by Gasteiger charge is 2.48. The predicted molar refractivity (Wildman–Crippen MR) is 116 cm³/mol. The van der Waals surface area contributed by atoms with Crippen molar-refractivity contribution < 1.29 is 9.59 Å². The minimum absolute atomic E-state index is 0.309. The lowest BCUT2D eigenvalue weighted by Crippen LogP contribution is -2.63. The fourth-order valence-electron chi connectivity index (χ4n) is 3.52. The van der Waals surface area contributed by atoms with Crippen molar-refractivity contribution in [2.45, 2.75) is 31.4 Å². The third-order valence-electron chi connectivity index (χ3n) is 5.04. The normalized spacial score (nSPS) is 21.1. The summed E-state index contributed by atoms with van der Waals surface area (Å²) in [5.41, 5.74) is 3.37. The van der Waals surface area contributed by atoms with Crippen LogP contribution in [0, 0.1) is 6.92 Å². The molecule has 0 spiro atoms. The Morgan fingerprint density at radius 1 is 1.14 bits per heavy atom. The average molecular weight is 429 g/mol. The third kappa shape index (κ3) is 4.11. The Labute approximate surface area is 178 Å². The minimum atomic E-state index is -0.536. The van der Waals surface area contributed by atoms with Crippen molar-refractivity contribution in [3.63, 3.8) is 0 Å². The number of rotatable bonds is 4. The van der Waals surface area contributed by atoms with Gasteiger partial charge in [-0.25, -0.2) is 9.79 Å². The molecule has 2 unspecified atom stereocenters. The van der Waals surface area contributed by atoms with Crippen molar-refractivity contribution >= 4 is 40.5 Å². The van der Waals surface area contributed by atoms with Gasteiger partial charge in [0.15, 0.2) is 17.4 Å². The van der Waals surface area contributed by atoms with Crippen LogP contribution >= 0.6 is 23.4 Å². The first-order valence-corrected chi connectivity index (χ1v) is 10.6. The van der Waals surface area contributed by atoms with Crippen molar-refractivity contribution in [1.29, 1.82) is 0 Å². The number of hydrogen-bond donors (Lipinski definition) is 1. The molecule has 2 heterocycles. The van der Waals surface area contributed by atoms with Crippen molar-refractivity contribution in [3.05, 3.63) is 70.2 Å². The lowest BCUT2D eigenvalue weighted by molar-refractivity contribution is -0.127. The molecular weight excluding hydrogens is 408 g/mol. The molecule has 1 fully saturated rings. The zero-order valence-electron chi connectivity index (χ0n) is 16.1. The summed E-state index contributed by atoms with van der Waals surface area (Å²) >= 11 is 7.53. The molecule has 4 rings (SSSR count). The molecule has 6 nitrogen and oxygen atoms in total. The second kappa shape index (κ2) is 8.08. The van der Waals surface area contributed by atoms with Crippen LogP contribution in [0.15, 0.2) is 53.5 Å². The van der Waals surface area contributed by atoms with Crippen LogP contribution in [0.1, 0.15) is 16.7 Å². The molecule has 0 saturated carbocycles. The molecule has 1 N–H and O–H groups in total. The van der Waals surface area contributed by atoms with Crippen molar-refractivity contribution in [2.24, 2.45) is 4.99 Å². The van der Waals surface area contributed by atoms with Gasteiger partial charge < -0.3 is 9.80 Å². The first-order valence-electron chi connectivity index (χ1n) is 9.27. The smallest absolute Gasteiger partial charge is 0.325 e. The SMILES string of the molecule is Cc1cccc(CN2C(SCc3ccc(Cl)cc3)=NC3C2C(=O)NC(=O)N3C)c1. The monoisotopic (exact) mass is 428 g/mol. The van der Waals surface area contributed by atoms with Gasteiger partial charge in [0.05, 0.1) is 0 Å². The first-order chi connectivity index (χ1) is 13.9. The van der Waals surface area contributed by atoms with Gasteiger partial charge in [-0.3, -0.25) is 10.1 Å². The summed E-state index contributed by atoms with van der Waals surface area (Å²) in [6, 6.07) is 14.9. The number of imide groups is 1. The Balaban J connectivity index is 1.60. The number of halogens is 1. The molecule has 3 amide bonds. The van der Waals surface area contributed by atoms with Gasteiger partial charge in [0.25, 0.3) is 5.91 Å². The number of benzene rings is 2. The van der Waals surface area contributed by atoms with Crippen molar-refractivity contribution in [3.8, 4) is 0 Å². The summed E-state index contributed by atoms with van der Waals surface area (Å²) in [4.78, 5) is 33.0. The Kier molecular flexibility index (Phi) is 5.52. The number of aliphatic imine (C=N–C) groups is 1. The van der Waals surface area contributed by atoms with E-state index in [4.69, 9.17) is 16.6 Å². The van der Waals surface area contributed by atoms with E-state index in [0.717, 1.165) is 21.9 Å². The van der Waals surface area contributed by atoms with E-state index in [1.165, 1.54) is 4.90 Å². The van der Waals surface area contributed by atoms with E-state index in [1.807, 2.05) is 54.3 Å². The highest BCUT2D eigenvalue weighted by atomic mass is 35.5. The van der Waals surface area contributed by atoms with Crippen LogP contribution in [0.4, 0.5) is 4.79 Å². The fraction of sp³-hybridized carbons (Fsp3) is 0.286. The Hall–Kier alpha value is -2.51. The van der Waals surface area contributed by atoms with Crippen LogP contribution in [0.2, 0.25) is 5.02 Å². The van der Waals surface area contributed by atoms with E-state index < -0.39 is 18.2 Å². The molecule has 0 aromatic heterocycles. The number of nitrogens with one attached hydrogen (secondary N) is 1. The van der Waals surface area contributed by atoms with Gasteiger partial charge in [-0.15, -0.1) is 0 Å². The van der Waals surface area contributed by atoms with Gasteiger partial charge in [0.2, 0.25) is 0 Å². The second-order valence-corrected chi connectivity index (χ2v) is 8.59. The first kappa shape index (κ1) is 19.8. The predicted octanol–water partition coefficient (Wildman–Crippen LogP) is 3.63. The maximum Gasteiger partial charge on any atom is 0.325 e. The van der Waals surface area contributed by atoms with E-state index in [1.54, 1.807) is 18.8 Å². The fourth-order valence-corrected chi connectivity index (χ4v) is 4.66. The van der Waals surface area contributed by atoms with Gasteiger partial charge in [-0.05, 0) is 30.2 Å². The van der Waals surface area contributed by atoms with E-state index >= 15 is 0 Å². The van der Waals surface area contributed by atoms with E-state index in [2.05, 4.69) is 11.4 Å². The molecule has 2 aromatic rings. The van der Waals surface area contributed by atoms with E-state index in [-0.39, 0.29) is 5.91 Å². The van der Waals surface area contributed by atoms with Gasteiger partial charge in [0.1, 0.15) is 0 Å². The number of hydrogen-bond acceptors (Lipinski definition) is 5. The number of thioether (sulfide) groups is 1. The van der Waals surface area contributed by atoms with Gasteiger partial charge in [0, 0.05) is 24.4 Å². The number of amides is 3. The minimum Gasteiger partial charge on any atom is -0.331 e. The topological polar surface area (TPSA) is 65.0 Å². The zero-order chi connectivity index (χ0) is 20.5. The molecule has 2 aromatic carbocycles. The number of amidine groups is 1. The number of aryl methyl sites for hydroxylation is 1. The Bertz CT molecular complexity index is 979. The summed E-state index contributed by atoms with van der Waals surface area (Å²) in [5.74, 6) is 0.385. The molecule has 0 bridgehead atoms.